The van der Waals surface area contributed by atoms with Crippen molar-refractivity contribution in [2.24, 2.45) is 5.92 Å². The zero-order chi connectivity index (χ0) is 27.7. The van der Waals surface area contributed by atoms with Crippen LogP contribution in [0.2, 0.25) is 0 Å². The minimum Gasteiger partial charge on any atom is -0.497 e. The van der Waals surface area contributed by atoms with Gasteiger partial charge in [0.05, 0.1) is 7.11 Å². The molecule has 2 amide bonds. The molecule has 0 saturated carbocycles. The summed E-state index contributed by atoms with van der Waals surface area (Å²) in [4.78, 5) is 29.0. The van der Waals surface area contributed by atoms with Gasteiger partial charge < -0.3 is 19.7 Å². The first-order valence-corrected chi connectivity index (χ1v) is 13.1. The van der Waals surface area contributed by atoms with Gasteiger partial charge in [0.2, 0.25) is 5.91 Å². The second-order valence-corrected chi connectivity index (χ2v) is 10.2. The Labute approximate surface area is 227 Å². The van der Waals surface area contributed by atoms with Crippen LogP contribution in [0.25, 0.3) is 0 Å². The van der Waals surface area contributed by atoms with E-state index in [0.29, 0.717) is 24.5 Å². The fraction of sp³-hybridized carbons (Fsp3) is 0.375. The van der Waals surface area contributed by atoms with E-state index in [2.05, 4.69) is 11.4 Å². The minimum atomic E-state index is -0.709. The molecule has 38 heavy (non-hydrogen) atoms. The second kappa shape index (κ2) is 13.7. The quantitative estimate of drug-likeness (QED) is 0.349. The van der Waals surface area contributed by atoms with Gasteiger partial charge in [-0.15, -0.1) is 0 Å². The Kier molecular flexibility index (Phi) is 10.3. The van der Waals surface area contributed by atoms with Crippen LogP contribution in [0.4, 0.5) is 0 Å². The smallest absolute Gasteiger partial charge is 0.261 e. The summed E-state index contributed by atoms with van der Waals surface area (Å²) in [5.74, 6) is 1.23. The van der Waals surface area contributed by atoms with Crippen LogP contribution in [0, 0.1) is 26.7 Å². The van der Waals surface area contributed by atoms with Gasteiger partial charge in [0.1, 0.15) is 17.5 Å². The molecule has 0 aromatic heterocycles. The van der Waals surface area contributed by atoms with E-state index in [1.165, 1.54) is 0 Å². The lowest BCUT2D eigenvalue weighted by atomic mass is 10.0. The molecule has 1 atom stereocenters. The number of hydrogen-bond donors (Lipinski definition) is 1. The first-order chi connectivity index (χ1) is 18.2. The number of rotatable bonds is 12. The Morgan fingerprint density at radius 2 is 1.63 bits per heavy atom. The van der Waals surface area contributed by atoms with E-state index < -0.39 is 6.04 Å². The Bertz CT molecular complexity index is 1220. The molecule has 0 aliphatic heterocycles. The molecule has 6 nitrogen and oxygen atoms in total. The van der Waals surface area contributed by atoms with Crippen molar-refractivity contribution in [3.05, 3.63) is 94.5 Å². The largest absolute Gasteiger partial charge is 0.497 e. The molecule has 3 rings (SSSR count). The molecule has 0 bridgehead atoms. The van der Waals surface area contributed by atoms with Crippen molar-refractivity contribution >= 4 is 11.8 Å². The van der Waals surface area contributed by atoms with E-state index in [-0.39, 0.29) is 30.9 Å². The molecule has 6 heteroatoms. The topological polar surface area (TPSA) is 67.9 Å². The SMILES string of the molecule is COc1cccc(CN(C(=O)COc2cc(C)cc(C)c2C)C(Cc2ccccc2)C(=O)NCC(C)C)c1. The summed E-state index contributed by atoms with van der Waals surface area (Å²) < 4.78 is 11.5. The van der Waals surface area contributed by atoms with Crippen LogP contribution in [-0.4, -0.2) is 43.0 Å². The lowest BCUT2D eigenvalue weighted by Crippen LogP contribution is -2.52. The van der Waals surface area contributed by atoms with Gasteiger partial charge in [-0.1, -0.05) is 62.4 Å². The molecular weight excluding hydrogens is 476 g/mol. The van der Waals surface area contributed by atoms with Crippen molar-refractivity contribution in [2.75, 3.05) is 20.3 Å². The summed E-state index contributed by atoms with van der Waals surface area (Å²) in [6, 6.07) is 20.7. The van der Waals surface area contributed by atoms with Crippen LogP contribution in [0.3, 0.4) is 0 Å². The zero-order valence-corrected chi connectivity index (χ0v) is 23.4. The first kappa shape index (κ1) is 28.8. The van der Waals surface area contributed by atoms with Gasteiger partial charge in [-0.05, 0) is 72.7 Å². The Balaban J connectivity index is 1.95. The van der Waals surface area contributed by atoms with Crippen LogP contribution < -0.4 is 14.8 Å². The third-order valence-corrected chi connectivity index (χ3v) is 6.56. The maximum atomic E-state index is 13.8. The minimum absolute atomic E-state index is 0.170. The lowest BCUT2D eigenvalue weighted by Gasteiger charge is -2.32. The summed E-state index contributed by atoms with van der Waals surface area (Å²) in [6.07, 6.45) is 0.392. The average Bonchev–Trinajstić information content (AvgIpc) is 2.90. The number of amides is 2. The molecular formula is C32H40N2O4. The van der Waals surface area contributed by atoms with Crippen LogP contribution in [0.1, 0.15) is 41.7 Å². The van der Waals surface area contributed by atoms with Gasteiger partial charge in [-0.2, -0.15) is 0 Å². The standard InChI is InChI=1S/C32H40N2O4/c1-22(2)19-33-32(36)29(18-26-11-8-7-9-12-26)34(20-27-13-10-14-28(17-27)37-6)31(35)21-38-30-16-23(3)15-24(4)25(30)5/h7-17,22,29H,18-21H2,1-6H3,(H,33,36). The van der Waals surface area contributed by atoms with Crippen molar-refractivity contribution in [3.8, 4) is 11.5 Å². The number of carbonyl (C=O) groups is 2. The van der Waals surface area contributed by atoms with Gasteiger partial charge in [0.15, 0.2) is 6.61 Å². The molecule has 0 aliphatic carbocycles. The number of ether oxygens (including phenoxy) is 2. The summed E-state index contributed by atoms with van der Waals surface area (Å²) in [5.41, 5.74) is 5.02. The molecule has 0 aliphatic rings. The highest BCUT2D eigenvalue weighted by Crippen LogP contribution is 2.24. The number of methoxy groups -OCH3 is 1. The van der Waals surface area contributed by atoms with Crippen LogP contribution in [0.5, 0.6) is 11.5 Å². The van der Waals surface area contributed by atoms with Gasteiger partial charge in [0.25, 0.3) is 5.91 Å². The first-order valence-electron chi connectivity index (χ1n) is 13.1. The van der Waals surface area contributed by atoms with Crippen molar-refractivity contribution in [3.63, 3.8) is 0 Å². The number of nitrogens with zero attached hydrogens (tertiary/aromatic N) is 1. The normalized spacial score (nSPS) is 11.7. The molecule has 1 N–H and O–H groups in total. The Hall–Kier alpha value is -3.80. The maximum Gasteiger partial charge on any atom is 0.261 e. The van der Waals surface area contributed by atoms with Crippen LogP contribution >= 0.6 is 0 Å². The van der Waals surface area contributed by atoms with Crippen LogP contribution in [0.15, 0.2) is 66.7 Å². The third-order valence-electron chi connectivity index (χ3n) is 6.56. The third kappa shape index (κ3) is 8.10. The summed E-state index contributed by atoms with van der Waals surface area (Å²) >= 11 is 0. The number of aryl methyl sites for hydroxylation is 2. The van der Waals surface area contributed by atoms with Crippen molar-refractivity contribution in [1.29, 1.82) is 0 Å². The summed E-state index contributed by atoms with van der Waals surface area (Å²) in [5, 5.41) is 3.05. The molecule has 0 saturated heterocycles. The van der Waals surface area contributed by atoms with E-state index in [9.17, 15) is 9.59 Å². The number of benzene rings is 3. The molecule has 0 spiro atoms. The number of carbonyl (C=O) groups excluding carboxylic acids is 2. The summed E-state index contributed by atoms with van der Waals surface area (Å²) in [6.45, 7) is 10.7. The number of hydrogen-bond acceptors (Lipinski definition) is 4. The predicted octanol–water partition coefficient (Wildman–Crippen LogP) is 5.41. The molecule has 0 fully saturated rings. The monoisotopic (exact) mass is 516 g/mol. The van der Waals surface area contributed by atoms with Crippen molar-refractivity contribution < 1.29 is 19.1 Å². The molecule has 1 unspecified atom stereocenters. The van der Waals surface area contributed by atoms with E-state index >= 15 is 0 Å². The highest BCUT2D eigenvalue weighted by molar-refractivity contribution is 5.88. The van der Waals surface area contributed by atoms with Crippen LogP contribution in [-0.2, 0) is 22.6 Å². The van der Waals surface area contributed by atoms with E-state index in [4.69, 9.17) is 9.47 Å². The molecule has 3 aromatic carbocycles. The molecule has 202 valence electrons. The van der Waals surface area contributed by atoms with Gasteiger partial charge in [0, 0.05) is 19.5 Å². The average molecular weight is 517 g/mol. The number of nitrogens with one attached hydrogen (secondary N) is 1. The molecule has 0 radical (unpaired) electrons. The van der Waals surface area contributed by atoms with E-state index in [1.54, 1.807) is 12.0 Å². The Morgan fingerprint density at radius 1 is 0.921 bits per heavy atom. The van der Waals surface area contributed by atoms with Crippen molar-refractivity contribution in [1.82, 2.24) is 10.2 Å². The van der Waals surface area contributed by atoms with Gasteiger partial charge in [-0.3, -0.25) is 9.59 Å². The van der Waals surface area contributed by atoms with Crippen molar-refractivity contribution in [2.45, 2.75) is 53.6 Å². The fourth-order valence-electron chi connectivity index (χ4n) is 4.32. The van der Waals surface area contributed by atoms with Gasteiger partial charge in [-0.25, -0.2) is 0 Å². The predicted molar refractivity (Wildman–Crippen MR) is 151 cm³/mol. The zero-order valence-electron chi connectivity index (χ0n) is 23.4. The fourth-order valence-corrected chi connectivity index (χ4v) is 4.32. The molecule has 3 aromatic rings. The summed E-state index contributed by atoms with van der Waals surface area (Å²) in [7, 11) is 1.61. The second-order valence-electron chi connectivity index (χ2n) is 10.2. The van der Waals surface area contributed by atoms with E-state index in [1.807, 2.05) is 95.3 Å². The highest BCUT2D eigenvalue weighted by Gasteiger charge is 2.31. The van der Waals surface area contributed by atoms with E-state index in [0.717, 1.165) is 27.8 Å². The highest BCUT2D eigenvalue weighted by atomic mass is 16.5. The van der Waals surface area contributed by atoms with Gasteiger partial charge >= 0.3 is 0 Å². The maximum absolute atomic E-state index is 13.8. The lowest BCUT2D eigenvalue weighted by molar-refractivity contribution is -0.142. The molecule has 0 heterocycles. The Morgan fingerprint density at radius 3 is 2.32 bits per heavy atom.